The molecule has 1 aliphatic heterocycles. The van der Waals surface area contributed by atoms with Gasteiger partial charge in [-0.25, -0.2) is 0 Å². The highest BCUT2D eigenvalue weighted by Crippen LogP contribution is 2.25. The lowest BCUT2D eigenvalue weighted by atomic mass is 9.96. The Labute approximate surface area is 121 Å². The van der Waals surface area contributed by atoms with Crippen molar-refractivity contribution in [2.45, 2.75) is 31.6 Å². The molecule has 1 aromatic carbocycles. The number of nitrogens with one attached hydrogen (secondary N) is 1. The molecular weight excluding hydrogens is 318 g/mol. The molecule has 2 N–H and O–H groups in total. The van der Waals surface area contributed by atoms with Gasteiger partial charge in [0.2, 0.25) is 0 Å². The van der Waals surface area contributed by atoms with Crippen molar-refractivity contribution in [2.75, 3.05) is 13.2 Å². The quantitative estimate of drug-likeness (QED) is 0.889. The van der Waals surface area contributed by atoms with E-state index in [9.17, 15) is 5.11 Å². The van der Waals surface area contributed by atoms with E-state index in [-0.39, 0.29) is 6.10 Å². The highest BCUT2D eigenvalue weighted by molar-refractivity contribution is 9.10. The first-order chi connectivity index (χ1) is 8.51. The molecule has 0 radical (unpaired) electrons. The number of aliphatic hydroxyl groups is 1. The van der Waals surface area contributed by atoms with Crippen molar-refractivity contribution in [3.05, 3.63) is 33.3 Å². The Kier molecular flexibility index (Phi) is 4.67. The van der Waals surface area contributed by atoms with Gasteiger partial charge in [-0.2, -0.15) is 0 Å². The monoisotopic (exact) mass is 333 g/mol. The highest BCUT2D eigenvalue weighted by atomic mass is 79.9. The number of hydrogen-bond donors (Lipinski definition) is 2. The predicted octanol–water partition coefficient (Wildman–Crippen LogP) is 2.73. The number of benzene rings is 1. The Morgan fingerprint density at radius 3 is 3.00 bits per heavy atom. The van der Waals surface area contributed by atoms with Crippen molar-refractivity contribution in [1.82, 2.24) is 5.32 Å². The lowest BCUT2D eigenvalue weighted by Gasteiger charge is -2.26. The van der Waals surface area contributed by atoms with Gasteiger partial charge in [0.1, 0.15) is 5.60 Å². The molecule has 100 valence electrons. The van der Waals surface area contributed by atoms with E-state index in [1.165, 1.54) is 0 Å². The van der Waals surface area contributed by atoms with Crippen LogP contribution in [0.1, 0.15) is 18.9 Å². The zero-order valence-electron chi connectivity index (χ0n) is 10.2. The molecule has 1 heterocycles. The molecule has 0 aromatic heterocycles. The predicted molar refractivity (Wildman–Crippen MR) is 75.8 cm³/mol. The molecule has 5 heteroatoms. The van der Waals surface area contributed by atoms with Gasteiger partial charge in [0.25, 0.3) is 0 Å². The molecule has 0 aliphatic carbocycles. The van der Waals surface area contributed by atoms with Crippen molar-refractivity contribution >= 4 is 27.5 Å². The van der Waals surface area contributed by atoms with E-state index >= 15 is 0 Å². The average Bonchev–Trinajstić information content (AvgIpc) is 2.63. The molecule has 2 atom stereocenters. The van der Waals surface area contributed by atoms with E-state index in [0.717, 1.165) is 10.0 Å². The molecule has 2 rings (SSSR count). The van der Waals surface area contributed by atoms with Crippen molar-refractivity contribution < 1.29 is 9.84 Å². The van der Waals surface area contributed by atoms with Crippen LogP contribution in [0.5, 0.6) is 0 Å². The third-order valence-corrected chi connectivity index (χ3v) is 4.39. The second kappa shape index (κ2) is 5.88. The summed E-state index contributed by atoms with van der Waals surface area (Å²) in [5, 5.41) is 14.3. The van der Waals surface area contributed by atoms with Crippen LogP contribution in [0, 0.1) is 0 Å². The zero-order chi connectivity index (χ0) is 13.2. The first-order valence-corrected chi connectivity index (χ1v) is 7.17. The van der Waals surface area contributed by atoms with Crippen LogP contribution in [0.15, 0.2) is 22.7 Å². The van der Waals surface area contributed by atoms with E-state index < -0.39 is 5.60 Å². The fourth-order valence-electron chi connectivity index (χ4n) is 2.08. The molecule has 0 spiro atoms. The Balaban J connectivity index is 1.88. The molecule has 1 fully saturated rings. The Hall–Kier alpha value is -0.130. The van der Waals surface area contributed by atoms with Crippen LogP contribution < -0.4 is 5.32 Å². The number of ether oxygens (including phenoxy) is 1. The Morgan fingerprint density at radius 2 is 2.39 bits per heavy atom. The van der Waals surface area contributed by atoms with Crippen LogP contribution in [0.3, 0.4) is 0 Å². The SMILES string of the molecule is CC1OCCC1(O)CNCc1ccc(Cl)cc1Br. The van der Waals surface area contributed by atoms with Gasteiger partial charge in [-0.15, -0.1) is 0 Å². The summed E-state index contributed by atoms with van der Waals surface area (Å²) in [5.41, 5.74) is 0.369. The van der Waals surface area contributed by atoms with Crippen molar-refractivity contribution in [3.8, 4) is 0 Å². The molecule has 3 nitrogen and oxygen atoms in total. The minimum absolute atomic E-state index is 0.112. The van der Waals surface area contributed by atoms with Crippen molar-refractivity contribution in [2.24, 2.45) is 0 Å². The highest BCUT2D eigenvalue weighted by Gasteiger charge is 2.38. The molecule has 0 amide bonds. The Bertz CT molecular complexity index is 429. The van der Waals surface area contributed by atoms with Crippen LogP contribution in [0.4, 0.5) is 0 Å². The third-order valence-electron chi connectivity index (χ3n) is 3.42. The van der Waals surface area contributed by atoms with E-state index in [2.05, 4.69) is 21.2 Å². The van der Waals surface area contributed by atoms with Gasteiger partial charge in [0.05, 0.1) is 6.10 Å². The normalized spacial score (nSPS) is 27.7. The fraction of sp³-hybridized carbons (Fsp3) is 0.538. The molecule has 1 saturated heterocycles. The van der Waals surface area contributed by atoms with Gasteiger partial charge < -0.3 is 15.2 Å². The number of hydrogen-bond acceptors (Lipinski definition) is 3. The van der Waals surface area contributed by atoms with E-state index in [1.54, 1.807) is 0 Å². The maximum absolute atomic E-state index is 10.3. The van der Waals surface area contributed by atoms with Gasteiger partial charge in [0.15, 0.2) is 0 Å². The van der Waals surface area contributed by atoms with Crippen molar-refractivity contribution in [1.29, 1.82) is 0 Å². The van der Waals surface area contributed by atoms with Gasteiger partial charge in [-0.1, -0.05) is 33.6 Å². The summed E-state index contributed by atoms with van der Waals surface area (Å²) < 4.78 is 6.37. The number of halogens is 2. The fourth-order valence-corrected chi connectivity index (χ4v) is 2.90. The summed E-state index contributed by atoms with van der Waals surface area (Å²) in [6.45, 7) is 3.76. The van der Waals surface area contributed by atoms with Crippen LogP contribution in [-0.2, 0) is 11.3 Å². The summed E-state index contributed by atoms with van der Waals surface area (Å²) >= 11 is 9.36. The molecule has 1 aliphatic rings. The summed E-state index contributed by atoms with van der Waals surface area (Å²) in [7, 11) is 0. The topological polar surface area (TPSA) is 41.5 Å². The van der Waals surface area contributed by atoms with Gasteiger partial charge in [-0.3, -0.25) is 0 Å². The maximum Gasteiger partial charge on any atom is 0.105 e. The van der Waals surface area contributed by atoms with Crippen LogP contribution >= 0.6 is 27.5 Å². The van der Waals surface area contributed by atoms with E-state index in [4.69, 9.17) is 16.3 Å². The van der Waals surface area contributed by atoms with Gasteiger partial charge >= 0.3 is 0 Å². The standard InChI is InChI=1S/C13H17BrClNO2/c1-9-13(17,4-5-18-9)8-16-7-10-2-3-11(15)6-12(10)14/h2-3,6,9,16-17H,4-5,7-8H2,1H3. The minimum atomic E-state index is -0.751. The first kappa shape index (κ1) is 14.3. The van der Waals surface area contributed by atoms with Gasteiger partial charge in [0, 0.05) is 35.6 Å². The van der Waals surface area contributed by atoms with Crippen LogP contribution in [0.2, 0.25) is 5.02 Å². The second-order valence-electron chi connectivity index (χ2n) is 4.71. The summed E-state index contributed by atoms with van der Waals surface area (Å²) in [6.07, 6.45) is 0.571. The molecule has 1 aromatic rings. The maximum atomic E-state index is 10.3. The van der Waals surface area contributed by atoms with Crippen LogP contribution in [0.25, 0.3) is 0 Å². The molecule has 0 bridgehead atoms. The zero-order valence-corrected chi connectivity index (χ0v) is 12.6. The largest absolute Gasteiger partial charge is 0.386 e. The first-order valence-electron chi connectivity index (χ1n) is 6.00. The lowest BCUT2D eigenvalue weighted by Crippen LogP contribution is -2.45. The third kappa shape index (κ3) is 3.25. The average molecular weight is 335 g/mol. The van der Waals surface area contributed by atoms with E-state index in [0.29, 0.717) is 31.1 Å². The molecule has 0 saturated carbocycles. The molecule has 2 unspecified atom stereocenters. The summed E-state index contributed by atoms with van der Waals surface area (Å²) in [4.78, 5) is 0. The van der Waals surface area contributed by atoms with Crippen LogP contribution in [-0.4, -0.2) is 30.0 Å². The summed E-state index contributed by atoms with van der Waals surface area (Å²) in [5.74, 6) is 0. The molecule has 18 heavy (non-hydrogen) atoms. The van der Waals surface area contributed by atoms with Crippen molar-refractivity contribution in [3.63, 3.8) is 0 Å². The van der Waals surface area contributed by atoms with E-state index in [1.807, 2.05) is 25.1 Å². The molecular formula is C13H17BrClNO2. The number of rotatable bonds is 4. The minimum Gasteiger partial charge on any atom is -0.386 e. The van der Waals surface area contributed by atoms with Gasteiger partial charge in [-0.05, 0) is 24.6 Å². The second-order valence-corrected chi connectivity index (χ2v) is 6.00. The Morgan fingerprint density at radius 1 is 1.61 bits per heavy atom. The smallest absolute Gasteiger partial charge is 0.105 e. The lowest BCUT2D eigenvalue weighted by molar-refractivity contribution is -0.0263. The summed E-state index contributed by atoms with van der Waals surface area (Å²) in [6, 6.07) is 5.70.